The molecular formula is C18H13BrClF3O. The van der Waals surface area contributed by atoms with Crippen LogP contribution in [0, 0.1) is 13.8 Å². The molecule has 0 saturated heterocycles. The van der Waals surface area contributed by atoms with Crippen LogP contribution in [0.2, 0.25) is 5.02 Å². The molecule has 0 spiro atoms. The zero-order valence-electron chi connectivity index (χ0n) is 12.8. The number of benzene rings is 2. The van der Waals surface area contributed by atoms with Crippen molar-refractivity contribution in [3.63, 3.8) is 0 Å². The monoisotopic (exact) mass is 416 g/mol. The molecule has 0 saturated carbocycles. The lowest BCUT2D eigenvalue weighted by Gasteiger charge is -2.13. The molecule has 0 heterocycles. The maximum atomic E-state index is 13.4. The highest BCUT2D eigenvalue weighted by atomic mass is 79.9. The Morgan fingerprint density at radius 2 is 1.75 bits per heavy atom. The number of halogens is 5. The van der Waals surface area contributed by atoms with Crippen LogP contribution in [-0.4, -0.2) is 12.0 Å². The summed E-state index contributed by atoms with van der Waals surface area (Å²) in [6.45, 7) is 3.40. The van der Waals surface area contributed by atoms with Gasteiger partial charge in [0.2, 0.25) is 0 Å². The zero-order chi connectivity index (χ0) is 18.1. The summed E-state index contributed by atoms with van der Waals surface area (Å²) < 4.78 is 41.0. The van der Waals surface area contributed by atoms with Gasteiger partial charge in [0.15, 0.2) is 5.78 Å². The van der Waals surface area contributed by atoms with Crippen molar-refractivity contribution in [1.29, 1.82) is 0 Å². The molecule has 0 aliphatic heterocycles. The predicted octanol–water partition coefficient (Wildman–Crippen LogP) is 6.55. The molecule has 1 nitrogen and oxygen atoms in total. The van der Waals surface area contributed by atoms with E-state index in [1.54, 1.807) is 32.0 Å². The van der Waals surface area contributed by atoms with E-state index in [9.17, 15) is 18.0 Å². The van der Waals surface area contributed by atoms with Crippen molar-refractivity contribution in [2.75, 3.05) is 0 Å². The van der Waals surface area contributed by atoms with Crippen molar-refractivity contribution in [2.24, 2.45) is 0 Å². The first-order chi connectivity index (χ1) is 11.1. The fourth-order valence-corrected chi connectivity index (χ4v) is 2.77. The maximum Gasteiger partial charge on any atom is 0.417 e. The number of alkyl halides is 3. The Kier molecular flexibility index (Phi) is 5.56. The molecule has 2 rings (SSSR count). The highest BCUT2D eigenvalue weighted by molar-refractivity contribution is 9.10. The second-order valence-electron chi connectivity index (χ2n) is 5.40. The summed E-state index contributed by atoms with van der Waals surface area (Å²) in [5, 5.41) is 0.187. The van der Waals surface area contributed by atoms with Gasteiger partial charge in [-0.25, -0.2) is 0 Å². The first-order valence-electron chi connectivity index (χ1n) is 6.95. The molecule has 0 fully saturated rings. The molecule has 6 heteroatoms. The zero-order valence-corrected chi connectivity index (χ0v) is 15.2. The lowest BCUT2D eigenvalue weighted by Crippen LogP contribution is -2.13. The van der Waals surface area contributed by atoms with Crippen molar-refractivity contribution < 1.29 is 18.0 Å². The molecule has 24 heavy (non-hydrogen) atoms. The summed E-state index contributed by atoms with van der Waals surface area (Å²) in [5.74, 6) is -0.712. The van der Waals surface area contributed by atoms with Gasteiger partial charge in [-0.15, -0.1) is 0 Å². The van der Waals surface area contributed by atoms with Crippen molar-refractivity contribution >= 4 is 38.9 Å². The average Bonchev–Trinajstić information content (AvgIpc) is 2.45. The van der Waals surface area contributed by atoms with Crippen LogP contribution in [0.15, 0.2) is 46.9 Å². The molecule has 0 atom stereocenters. The number of rotatable bonds is 3. The topological polar surface area (TPSA) is 17.1 Å². The van der Waals surface area contributed by atoms with E-state index in [0.717, 1.165) is 10.0 Å². The van der Waals surface area contributed by atoms with E-state index in [2.05, 4.69) is 15.9 Å². The van der Waals surface area contributed by atoms with E-state index in [1.807, 2.05) is 0 Å². The first kappa shape index (κ1) is 18.7. The Labute approximate surface area is 151 Å². The van der Waals surface area contributed by atoms with E-state index in [1.165, 1.54) is 18.2 Å². The van der Waals surface area contributed by atoms with Gasteiger partial charge in [-0.05, 0) is 66.9 Å². The molecule has 2 aromatic rings. The number of aryl methyl sites for hydroxylation is 2. The fraction of sp³-hybridized carbons (Fsp3) is 0.167. The molecule has 0 N–H and O–H groups in total. The quantitative estimate of drug-likeness (QED) is 0.409. The Bertz CT molecular complexity index is 805. The van der Waals surface area contributed by atoms with Crippen molar-refractivity contribution in [2.45, 2.75) is 20.0 Å². The lowest BCUT2D eigenvalue weighted by molar-refractivity contribution is -0.0689. The molecule has 0 radical (unpaired) electrons. The fourth-order valence-electron chi connectivity index (χ4n) is 2.23. The molecule has 0 aliphatic rings. The number of allylic oxidation sites excluding steroid dienone is 2. The second kappa shape index (κ2) is 7.11. The third kappa shape index (κ3) is 4.48. The number of hydrogen-bond donors (Lipinski definition) is 0. The van der Waals surface area contributed by atoms with Gasteiger partial charge in [0.25, 0.3) is 0 Å². The SMILES string of the molecule is Cc1cc(Cl)cc(/C(=C/C(=O)c2ccc(Br)c(C)c2)C(F)(F)F)c1. The van der Waals surface area contributed by atoms with Gasteiger partial charge in [-0.2, -0.15) is 13.2 Å². The third-order valence-corrected chi connectivity index (χ3v) is 4.48. The van der Waals surface area contributed by atoms with Gasteiger partial charge in [0.05, 0.1) is 5.57 Å². The average molecular weight is 418 g/mol. The molecule has 0 bridgehead atoms. The summed E-state index contributed by atoms with van der Waals surface area (Å²) in [7, 11) is 0. The molecule has 0 unspecified atom stereocenters. The van der Waals surface area contributed by atoms with Crippen molar-refractivity contribution in [3.8, 4) is 0 Å². The summed E-state index contributed by atoms with van der Waals surface area (Å²) >= 11 is 9.14. The maximum absolute atomic E-state index is 13.4. The molecule has 2 aromatic carbocycles. The third-order valence-electron chi connectivity index (χ3n) is 3.38. The Balaban J connectivity index is 2.53. The smallest absolute Gasteiger partial charge is 0.289 e. The second-order valence-corrected chi connectivity index (χ2v) is 6.69. The van der Waals surface area contributed by atoms with Crippen LogP contribution in [0.25, 0.3) is 5.57 Å². The largest absolute Gasteiger partial charge is 0.417 e. The summed E-state index contributed by atoms with van der Waals surface area (Å²) in [5.41, 5.74) is 0.394. The number of hydrogen-bond acceptors (Lipinski definition) is 1. The molecule has 0 aliphatic carbocycles. The van der Waals surface area contributed by atoms with Gasteiger partial charge in [-0.3, -0.25) is 4.79 Å². The van der Waals surface area contributed by atoms with Gasteiger partial charge in [0, 0.05) is 15.1 Å². The molecule has 0 aromatic heterocycles. The number of carbonyl (C=O) groups excluding carboxylic acids is 1. The van der Waals surface area contributed by atoms with Crippen LogP contribution in [0.3, 0.4) is 0 Å². The van der Waals surface area contributed by atoms with Gasteiger partial charge >= 0.3 is 6.18 Å². The van der Waals surface area contributed by atoms with Crippen LogP contribution >= 0.6 is 27.5 Å². The van der Waals surface area contributed by atoms with Crippen molar-refractivity contribution in [1.82, 2.24) is 0 Å². The highest BCUT2D eigenvalue weighted by Crippen LogP contribution is 2.35. The number of carbonyl (C=O) groups is 1. The standard InChI is InChI=1S/C18H13BrClF3O/c1-10-5-13(8-14(20)6-10)15(18(21,22)23)9-17(24)12-3-4-16(19)11(2)7-12/h3-9H,1-2H3/b15-9-. The van der Waals surface area contributed by atoms with Gasteiger partial charge < -0.3 is 0 Å². The summed E-state index contributed by atoms with van der Waals surface area (Å²) in [4.78, 5) is 12.3. The number of ketones is 1. The van der Waals surface area contributed by atoms with E-state index in [4.69, 9.17) is 11.6 Å². The molecule has 0 amide bonds. The van der Waals surface area contributed by atoms with E-state index < -0.39 is 17.5 Å². The minimum Gasteiger partial charge on any atom is -0.289 e. The first-order valence-corrected chi connectivity index (χ1v) is 8.12. The highest BCUT2D eigenvalue weighted by Gasteiger charge is 2.35. The predicted molar refractivity (Wildman–Crippen MR) is 93.4 cm³/mol. The van der Waals surface area contributed by atoms with E-state index in [-0.39, 0.29) is 16.1 Å². The minimum absolute atomic E-state index is 0.130. The van der Waals surface area contributed by atoms with Crippen molar-refractivity contribution in [3.05, 3.63) is 74.2 Å². The van der Waals surface area contributed by atoms with Crippen LogP contribution < -0.4 is 0 Å². The Morgan fingerprint density at radius 3 is 2.29 bits per heavy atom. The lowest BCUT2D eigenvalue weighted by atomic mass is 9.99. The van der Waals surface area contributed by atoms with Crippen LogP contribution in [0.1, 0.15) is 27.0 Å². The van der Waals surface area contributed by atoms with Crippen LogP contribution in [-0.2, 0) is 0 Å². The normalized spacial score (nSPS) is 12.4. The van der Waals surface area contributed by atoms with Crippen LogP contribution in [0.5, 0.6) is 0 Å². The van der Waals surface area contributed by atoms with Gasteiger partial charge in [-0.1, -0.05) is 33.6 Å². The van der Waals surface area contributed by atoms with E-state index in [0.29, 0.717) is 11.6 Å². The Hall–Kier alpha value is -1.59. The minimum atomic E-state index is -4.67. The summed E-state index contributed by atoms with van der Waals surface area (Å²) in [6.07, 6.45) is -4.05. The molecule has 126 valence electrons. The summed E-state index contributed by atoms with van der Waals surface area (Å²) in [6, 6.07) is 8.76. The van der Waals surface area contributed by atoms with E-state index >= 15 is 0 Å². The Morgan fingerprint density at radius 1 is 1.08 bits per heavy atom. The van der Waals surface area contributed by atoms with Gasteiger partial charge in [0.1, 0.15) is 0 Å². The van der Waals surface area contributed by atoms with Crippen LogP contribution in [0.4, 0.5) is 13.2 Å². The molecular weight excluding hydrogens is 405 g/mol.